The zero-order valence-corrected chi connectivity index (χ0v) is 12.0. The summed E-state index contributed by atoms with van der Waals surface area (Å²) >= 11 is 3.63. The molecule has 3 nitrogen and oxygen atoms in total. The van der Waals surface area contributed by atoms with Crippen LogP contribution in [0.4, 0.5) is 0 Å². The van der Waals surface area contributed by atoms with Gasteiger partial charge in [-0.25, -0.2) is 4.98 Å². The Morgan fingerprint density at radius 2 is 2.24 bits per heavy atom. The molecule has 0 aromatic carbocycles. The van der Waals surface area contributed by atoms with E-state index in [2.05, 4.69) is 32.9 Å². The van der Waals surface area contributed by atoms with E-state index in [4.69, 9.17) is 4.74 Å². The largest absolute Gasteiger partial charge is 0.481 e. The molecule has 0 spiro atoms. The molecule has 0 unspecified atom stereocenters. The van der Waals surface area contributed by atoms with Crippen LogP contribution in [0, 0.1) is 5.92 Å². The van der Waals surface area contributed by atoms with Gasteiger partial charge in [-0.1, -0.05) is 22.0 Å². The second-order valence-electron chi connectivity index (χ2n) is 4.80. The standard InChI is InChI=1S/C13H19BrN2O/c1-16(8-10-6-11(14)7-10)9-12-4-3-5-13(15-12)17-2/h3-5,10-11H,6-9H2,1-2H3. The van der Waals surface area contributed by atoms with Gasteiger partial charge in [-0.15, -0.1) is 0 Å². The first kappa shape index (κ1) is 12.8. The smallest absolute Gasteiger partial charge is 0.213 e. The highest BCUT2D eigenvalue weighted by molar-refractivity contribution is 9.09. The van der Waals surface area contributed by atoms with Gasteiger partial charge < -0.3 is 9.64 Å². The lowest BCUT2D eigenvalue weighted by Gasteiger charge is -2.34. The van der Waals surface area contributed by atoms with E-state index in [0.717, 1.165) is 29.5 Å². The third kappa shape index (κ3) is 3.68. The highest BCUT2D eigenvalue weighted by atomic mass is 79.9. The summed E-state index contributed by atoms with van der Waals surface area (Å²) in [4.78, 5) is 7.51. The number of rotatable bonds is 5. The second-order valence-corrected chi connectivity index (χ2v) is 6.10. The maximum Gasteiger partial charge on any atom is 0.213 e. The summed E-state index contributed by atoms with van der Waals surface area (Å²) in [5.74, 6) is 1.54. The van der Waals surface area contributed by atoms with Crippen LogP contribution >= 0.6 is 15.9 Å². The Morgan fingerprint density at radius 3 is 2.88 bits per heavy atom. The lowest BCUT2D eigenvalue weighted by atomic mass is 9.85. The van der Waals surface area contributed by atoms with Crippen LogP contribution in [0.1, 0.15) is 18.5 Å². The van der Waals surface area contributed by atoms with Gasteiger partial charge in [0.05, 0.1) is 12.8 Å². The minimum Gasteiger partial charge on any atom is -0.481 e. The van der Waals surface area contributed by atoms with Crippen LogP contribution in [0.5, 0.6) is 5.88 Å². The van der Waals surface area contributed by atoms with Crippen molar-refractivity contribution in [2.45, 2.75) is 24.2 Å². The minimum atomic E-state index is 0.695. The van der Waals surface area contributed by atoms with Crippen LogP contribution in [-0.2, 0) is 6.54 Å². The number of hydrogen-bond donors (Lipinski definition) is 0. The van der Waals surface area contributed by atoms with Gasteiger partial charge >= 0.3 is 0 Å². The Labute approximate surface area is 111 Å². The van der Waals surface area contributed by atoms with Crippen LogP contribution in [0.25, 0.3) is 0 Å². The van der Waals surface area contributed by atoms with Crippen molar-refractivity contribution in [2.75, 3.05) is 20.7 Å². The normalized spacial score (nSPS) is 23.5. The van der Waals surface area contributed by atoms with Gasteiger partial charge in [-0.2, -0.15) is 0 Å². The molecule has 1 aromatic heterocycles. The Morgan fingerprint density at radius 1 is 1.47 bits per heavy atom. The summed E-state index contributed by atoms with van der Waals surface area (Å²) in [6.07, 6.45) is 2.60. The average molecular weight is 299 g/mol. The van der Waals surface area contributed by atoms with Gasteiger partial charge in [0.25, 0.3) is 0 Å². The van der Waals surface area contributed by atoms with Gasteiger partial charge in [-0.05, 0) is 31.9 Å². The number of halogens is 1. The summed E-state index contributed by atoms with van der Waals surface area (Å²) in [5, 5.41) is 0. The van der Waals surface area contributed by atoms with Crippen LogP contribution in [0.3, 0.4) is 0 Å². The van der Waals surface area contributed by atoms with Crippen LogP contribution in [-0.4, -0.2) is 35.4 Å². The Balaban J connectivity index is 1.82. The molecule has 0 aliphatic heterocycles. The van der Waals surface area contributed by atoms with Crippen molar-refractivity contribution in [1.82, 2.24) is 9.88 Å². The van der Waals surface area contributed by atoms with Crippen molar-refractivity contribution in [1.29, 1.82) is 0 Å². The number of alkyl halides is 1. The molecule has 0 radical (unpaired) electrons. The van der Waals surface area contributed by atoms with Crippen molar-refractivity contribution in [3.05, 3.63) is 23.9 Å². The molecule has 94 valence electrons. The summed E-state index contributed by atoms with van der Waals surface area (Å²) in [6.45, 7) is 2.04. The van der Waals surface area contributed by atoms with E-state index in [1.165, 1.54) is 12.8 Å². The SMILES string of the molecule is COc1cccc(CN(C)CC2CC(Br)C2)n1. The predicted octanol–water partition coefficient (Wildman–Crippen LogP) is 2.70. The monoisotopic (exact) mass is 298 g/mol. The number of pyridine rings is 1. The van der Waals surface area contributed by atoms with Gasteiger partial charge in [0.2, 0.25) is 5.88 Å². The molecule has 1 aliphatic carbocycles. The fourth-order valence-corrected chi connectivity index (χ4v) is 3.30. The minimum absolute atomic E-state index is 0.695. The van der Waals surface area contributed by atoms with E-state index in [0.29, 0.717) is 5.88 Å². The van der Waals surface area contributed by atoms with Crippen molar-refractivity contribution in [3.63, 3.8) is 0 Å². The van der Waals surface area contributed by atoms with Crippen LogP contribution in [0.2, 0.25) is 0 Å². The summed E-state index contributed by atoms with van der Waals surface area (Å²) in [5.41, 5.74) is 1.07. The molecule has 1 heterocycles. The van der Waals surface area contributed by atoms with Crippen molar-refractivity contribution in [2.24, 2.45) is 5.92 Å². The topological polar surface area (TPSA) is 25.4 Å². The zero-order valence-electron chi connectivity index (χ0n) is 10.4. The van der Waals surface area contributed by atoms with Crippen molar-refractivity contribution < 1.29 is 4.74 Å². The fraction of sp³-hybridized carbons (Fsp3) is 0.615. The van der Waals surface area contributed by atoms with E-state index in [1.54, 1.807) is 7.11 Å². The Bertz CT molecular complexity index is 366. The summed E-state index contributed by atoms with van der Waals surface area (Å²) in [6, 6.07) is 5.92. The van der Waals surface area contributed by atoms with Gasteiger partial charge in [0, 0.05) is 24.0 Å². The molecular weight excluding hydrogens is 280 g/mol. The highest BCUT2D eigenvalue weighted by Gasteiger charge is 2.27. The van der Waals surface area contributed by atoms with E-state index in [1.807, 2.05) is 18.2 Å². The summed E-state index contributed by atoms with van der Waals surface area (Å²) in [7, 11) is 3.81. The maximum absolute atomic E-state index is 5.13. The van der Waals surface area contributed by atoms with E-state index >= 15 is 0 Å². The fourth-order valence-electron chi connectivity index (χ4n) is 2.24. The van der Waals surface area contributed by atoms with E-state index < -0.39 is 0 Å². The van der Waals surface area contributed by atoms with Crippen molar-refractivity contribution in [3.8, 4) is 5.88 Å². The Kier molecular flexibility index (Phi) is 4.40. The predicted molar refractivity (Wildman–Crippen MR) is 72.6 cm³/mol. The third-order valence-corrected chi connectivity index (χ3v) is 3.92. The van der Waals surface area contributed by atoms with E-state index in [9.17, 15) is 0 Å². The molecule has 0 bridgehead atoms. The molecule has 4 heteroatoms. The molecule has 2 rings (SSSR count). The summed E-state index contributed by atoms with van der Waals surface area (Å²) < 4.78 is 5.13. The first-order chi connectivity index (χ1) is 8.17. The number of aromatic nitrogens is 1. The number of hydrogen-bond acceptors (Lipinski definition) is 3. The Hall–Kier alpha value is -0.610. The third-order valence-electron chi connectivity index (χ3n) is 3.17. The van der Waals surface area contributed by atoms with Gasteiger partial charge in [-0.3, -0.25) is 0 Å². The van der Waals surface area contributed by atoms with Crippen molar-refractivity contribution >= 4 is 15.9 Å². The van der Waals surface area contributed by atoms with E-state index in [-0.39, 0.29) is 0 Å². The average Bonchev–Trinajstić information content (AvgIpc) is 2.27. The second kappa shape index (κ2) is 5.83. The molecule has 0 saturated heterocycles. The highest BCUT2D eigenvalue weighted by Crippen LogP contribution is 2.33. The molecule has 1 aliphatic rings. The first-order valence-corrected chi connectivity index (χ1v) is 6.91. The van der Waals surface area contributed by atoms with Gasteiger partial charge in [0.1, 0.15) is 0 Å². The number of ether oxygens (including phenoxy) is 1. The van der Waals surface area contributed by atoms with Crippen LogP contribution in [0.15, 0.2) is 18.2 Å². The maximum atomic E-state index is 5.13. The lowest BCUT2D eigenvalue weighted by molar-refractivity contribution is 0.206. The molecule has 0 N–H and O–H groups in total. The molecule has 0 amide bonds. The molecule has 1 aromatic rings. The first-order valence-electron chi connectivity index (χ1n) is 6.00. The zero-order chi connectivity index (χ0) is 12.3. The number of methoxy groups -OCH3 is 1. The lowest BCUT2D eigenvalue weighted by Crippen LogP contribution is -2.34. The van der Waals surface area contributed by atoms with Crippen LogP contribution < -0.4 is 4.74 Å². The number of nitrogens with zero attached hydrogens (tertiary/aromatic N) is 2. The van der Waals surface area contributed by atoms with Gasteiger partial charge in [0.15, 0.2) is 0 Å². The molecule has 1 saturated carbocycles. The molecule has 1 fully saturated rings. The molecule has 0 atom stereocenters. The molecular formula is C13H19BrN2O. The molecule has 17 heavy (non-hydrogen) atoms. The quantitative estimate of drug-likeness (QED) is 0.782.